The first-order chi connectivity index (χ1) is 9.61. The predicted molar refractivity (Wildman–Crippen MR) is 77.7 cm³/mol. The summed E-state index contributed by atoms with van der Waals surface area (Å²) in [6.07, 6.45) is 0.431. The third-order valence-corrected chi connectivity index (χ3v) is 3.36. The Morgan fingerprint density at radius 3 is 2.45 bits per heavy atom. The van der Waals surface area contributed by atoms with Gasteiger partial charge in [0.1, 0.15) is 11.6 Å². The van der Waals surface area contributed by atoms with Gasteiger partial charge in [-0.05, 0) is 43.1 Å². The number of halogens is 2. The maximum absolute atomic E-state index is 14.1. The zero-order chi connectivity index (χ0) is 14.5. The lowest BCUT2D eigenvalue weighted by Gasteiger charge is -2.19. The molecule has 2 aromatic rings. The molecule has 0 heterocycles. The van der Waals surface area contributed by atoms with Crippen LogP contribution in [-0.4, -0.2) is 6.54 Å². The standard InChI is InChI=1S/C17H19F2N/c1-3-20-17(11-13-6-4-5-7-15(13)18)14-9-8-12(2)10-16(14)19/h4-10,17,20H,3,11H2,1-2H3. The molecule has 0 fully saturated rings. The molecule has 0 amide bonds. The van der Waals surface area contributed by atoms with Gasteiger partial charge in [-0.1, -0.05) is 37.3 Å². The minimum absolute atomic E-state index is 0.225. The van der Waals surface area contributed by atoms with Gasteiger partial charge in [-0.3, -0.25) is 0 Å². The lowest BCUT2D eigenvalue weighted by atomic mass is 9.97. The first kappa shape index (κ1) is 14.7. The number of rotatable bonds is 5. The van der Waals surface area contributed by atoms with E-state index in [1.54, 1.807) is 24.3 Å². The molecular weight excluding hydrogens is 256 g/mol. The van der Waals surface area contributed by atoms with Crippen LogP contribution < -0.4 is 5.32 Å². The Kier molecular flexibility index (Phi) is 4.85. The number of hydrogen-bond donors (Lipinski definition) is 1. The highest BCUT2D eigenvalue weighted by molar-refractivity contribution is 5.28. The quantitative estimate of drug-likeness (QED) is 0.863. The summed E-state index contributed by atoms with van der Waals surface area (Å²) < 4.78 is 27.8. The van der Waals surface area contributed by atoms with Crippen LogP contribution in [-0.2, 0) is 6.42 Å². The molecule has 0 aliphatic rings. The predicted octanol–water partition coefficient (Wildman–Crippen LogP) is 4.17. The average Bonchev–Trinajstić information content (AvgIpc) is 2.41. The van der Waals surface area contributed by atoms with Crippen molar-refractivity contribution in [1.82, 2.24) is 5.32 Å². The van der Waals surface area contributed by atoms with Gasteiger partial charge < -0.3 is 5.32 Å². The summed E-state index contributed by atoms with van der Waals surface area (Å²) in [7, 11) is 0. The highest BCUT2D eigenvalue weighted by Crippen LogP contribution is 2.23. The summed E-state index contributed by atoms with van der Waals surface area (Å²) >= 11 is 0. The Morgan fingerprint density at radius 2 is 1.80 bits per heavy atom. The summed E-state index contributed by atoms with van der Waals surface area (Å²) in [6.45, 7) is 4.51. The SMILES string of the molecule is CCNC(Cc1ccccc1F)c1ccc(C)cc1F. The van der Waals surface area contributed by atoms with E-state index in [1.165, 1.54) is 12.1 Å². The Balaban J connectivity index is 2.29. The fourth-order valence-corrected chi connectivity index (χ4v) is 2.34. The van der Waals surface area contributed by atoms with Gasteiger partial charge in [-0.2, -0.15) is 0 Å². The topological polar surface area (TPSA) is 12.0 Å². The number of aryl methyl sites for hydroxylation is 1. The molecule has 1 N–H and O–H groups in total. The van der Waals surface area contributed by atoms with Gasteiger partial charge in [0.25, 0.3) is 0 Å². The molecular formula is C17H19F2N. The molecule has 0 aliphatic heterocycles. The largest absolute Gasteiger partial charge is 0.310 e. The van der Waals surface area contributed by atoms with Crippen LogP contribution >= 0.6 is 0 Å². The fraction of sp³-hybridized carbons (Fsp3) is 0.294. The van der Waals surface area contributed by atoms with Crippen LogP contribution in [0.25, 0.3) is 0 Å². The summed E-state index contributed by atoms with van der Waals surface area (Å²) in [6, 6.07) is 11.6. The van der Waals surface area contributed by atoms with E-state index in [0.717, 1.165) is 5.56 Å². The van der Waals surface area contributed by atoms with Crippen molar-refractivity contribution in [3.63, 3.8) is 0 Å². The van der Waals surface area contributed by atoms with Crippen molar-refractivity contribution in [2.24, 2.45) is 0 Å². The van der Waals surface area contributed by atoms with Crippen LogP contribution in [0.15, 0.2) is 42.5 Å². The Bertz CT molecular complexity index is 581. The molecule has 106 valence electrons. The monoisotopic (exact) mass is 275 g/mol. The molecule has 0 bridgehead atoms. The van der Waals surface area contributed by atoms with E-state index >= 15 is 0 Å². The van der Waals surface area contributed by atoms with E-state index in [0.29, 0.717) is 24.1 Å². The van der Waals surface area contributed by atoms with Crippen molar-refractivity contribution in [2.45, 2.75) is 26.3 Å². The van der Waals surface area contributed by atoms with E-state index in [9.17, 15) is 8.78 Å². The maximum Gasteiger partial charge on any atom is 0.128 e. The Hall–Kier alpha value is -1.74. The average molecular weight is 275 g/mol. The highest BCUT2D eigenvalue weighted by Gasteiger charge is 2.17. The number of benzene rings is 2. The third kappa shape index (κ3) is 3.42. The van der Waals surface area contributed by atoms with Crippen LogP contribution in [0.4, 0.5) is 8.78 Å². The first-order valence-electron chi connectivity index (χ1n) is 6.84. The molecule has 0 saturated heterocycles. The Morgan fingerprint density at radius 1 is 1.05 bits per heavy atom. The molecule has 20 heavy (non-hydrogen) atoms. The molecule has 1 atom stereocenters. The summed E-state index contributed by atoms with van der Waals surface area (Å²) in [5.74, 6) is -0.491. The van der Waals surface area contributed by atoms with Crippen LogP contribution in [0.2, 0.25) is 0 Å². The first-order valence-corrected chi connectivity index (χ1v) is 6.84. The normalized spacial score (nSPS) is 12.4. The summed E-state index contributed by atoms with van der Waals surface area (Å²) in [5.41, 5.74) is 2.06. The van der Waals surface area contributed by atoms with E-state index in [-0.39, 0.29) is 17.7 Å². The second-order valence-corrected chi connectivity index (χ2v) is 4.93. The van der Waals surface area contributed by atoms with Crippen LogP contribution in [0.5, 0.6) is 0 Å². The van der Waals surface area contributed by atoms with E-state index in [4.69, 9.17) is 0 Å². The summed E-state index contributed by atoms with van der Waals surface area (Å²) in [4.78, 5) is 0. The number of likely N-dealkylation sites (N-methyl/N-ethyl adjacent to an activating group) is 1. The zero-order valence-corrected chi connectivity index (χ0v) is 11.8. The van der Waals surface area contributed by atoms with Gasteiger partial charge in [-0.15, -0.1) is 0 Å². The van der Waals surface area contributed by atoms with Gasteiger partial charge in [0, 0.05) is 11.6 Å². The molecule has 1 unspecified atom stereocenters. The smallest absolute Gasteiger partial charge is 0.128 e. The second kappa shape index (κ2) is 6.62. The number of nitrogens with one attached hydrogen (secondary N) is 1. The minimum Gasteiger partial charge on any atom is -0.310 e. The van der Waals surface area contributed by atoms with Crippen molar-refractivity contribution in [3.05, 3.63) is 70.8 Å². The molecule has 0 saturated carbocycles. The Labute approximate surface area is 118 Å². The fourth-order valence-electron chi connectivity index (χ4n) is 2.34. The van der Waals surface area contributed by atoms with Gasteiger partial charge in [0.05, 0.1) is 0 Å². The maximum atomic E-state index is 14.1. The van der Waals surface area contributed by atoms with Crippen molar-refractivity contribution >= 4 is 0 Å². The van der Waals surface area contributed by atoms with Crippen molar-refractivity contribution in [1.29, 1.82) is 0 Å². The van der Waals surface area contributed by atoms with Crippen LogP contribution in [0.3, 0.4) is 0 Å². The highest BCUT2D eigenvalue weighted by atomic mass is 19.1. The minimum atomic E-state index is -0.247. The second-order valence-electron chi connectivity index (χ2n) is 4.93. The summed E-state index contributed by atoms with van der Waals surface area (Å²) in [5, 5.41) is 3.23. The molecule has 2 aromatic carbocycles. The van der Waals surface area contributed by atoms with Crippen LogP contribution in [0.1, 0.15) is 29.7 Å². The molecule has 0 spiro atoms. The van der Waals surface area contributed by atoms with Crippen molar-refractivity contribution in [3.8, 4) is 0 Å². The molecule has 3 heteroatoms. The molecule has 2 rings (SSSR count). The molecule has 1 nitrogen and oxygen atoms in total. The van der Waals surface area contributed by atoms with Gasteiger partial charge >= 0.3 is 0 Å². The number of hydrogen-bond acceptors (Lipinski definition) is 1. The van der Waals surface area contributed by atoms with Crippen molar-refractivity contribution < 1.29 is 8.78 Å². The van der Waals surface area contributed by atoms with Crippen LogP contribution in [0, 0.1) is 18.6 Å². The lowest BCUT2D eigenvalue weighted by molar-refractivity contribution is 0.498. The van der Waals surface area contributed by atoms with Gasteiger partial charge in [0.15, 0.2) is 0 Å². The third-order valence-electron chi connectivity index (χ3n) is 3.36. The van der Waals surface area contributed by atoms with Gasteiger partial charge in [-0.25, -0.2) is 8.78 Å². The molecule has 0 aromatic heterocycles. The molecule has 0 aliphatic carbocycles. The van der Waals surface area contributed by atoms with E-state index in [2.05, 4.69) is 5.32 Å². The molecule has 0 radical (unpaired) electrons. The zero-order valence-electron chi connectivity index (χ0n) is 11.8. The van der Waals surface area contributed by atoms with Crippen molar-refractivity contribution in [2.75, 3.05) is 6.54 Å². The van der Waals surface area contributed by atoms with E-state index in [1.807, 2.05) is 19.9 Å². The van der Waals surface area contributed by atoms with Gasteiger partial charge in [0.2, 0.25) is 0 Å². The lowest BCUT2D eigenvalue weighted by Crippen LogP contribution is -2.24. The van der Waals surface area contributed by atoms with E-state index < -0.39 is 0 Å².